The molecule has 0 bridgehead atoms. The third-order valence-corrected chi connectivity index (χ3v) is 3.43. The van der Waals surface area contributed by atoms with Gasteiger partial charge in [0.25, 0.3) is 0 Å². The smallest absolute Gasteiger partial charge is 0.0901 e. The predicted octanol–water partition coefficient (Wildman–Crippen LogP) is 4.33. The van der Waals surface area contributed by atoms with Crippen LogP contribution in [0, 0.1) is 6.92 Å². The quantitative estimate of drug-likeness (QED) is 0.794. The Kier molecular flexibility index (Phi) is 4.15. The van der Waals surface area contributed by atoms with E-state index in [-0.39, 0.29) is 0 Å². The van der Waals surface area contributed by atoms with Crippen LogP contribution in [0.1, 0.15) is 24.8 Å². The van der Waals surface area contributed by atoms with E-state index in [0.29, 0.717) is 0 Å². The Morgan fingerprint density at radius 1 is 1.24 bits per heavy atom. The topological polar surface area (TPSA) is 24.9 Å². The van der Waals surface area contributed by atoms with Crippen LogP contribution in [0.5, 0.6) is 0 Å². The molecule has 1 heterocycles. The minimum Gasteiger partial charge on any atom is -0.385 e. The lowest BCUT2D eigenvalue weighted by Crippen LogP contribution is -2.00. The summed E-state index contributed by atoms with van der Waals surface area (Å²) >= 11 is 1.69. The number of anilines is 1. The molecule has 2 rings (SSSR count). The first-order valence-electron chi connectivity index (χ1n) is 6.06. The number of benzene rings is 1. The average Bonchev–Trinajstić information content (AvgIpc) is 2.77. The maximum absolute atomic E-state index is 4.48. The molecule has 17 heavy (non-hydrogen) atoms. The van der Waals surface area contributed by atoms with Gasteiger partial charge in [0.05, 0.1) is 10.7 Å². The van der Waals surface area contributed by atoms with Gasteiger partial charge in [-0.1, -0.05) is 25.5 Å². The largest absolute Gasteiger partial charge is 0.385 e. The summed E-state index contributed by atoms with van der Waals surface area (Å²) in [6, 6.07) is 8.50. The van der Waals surface area contributed by atoms with Crippen LogP contribution in [0.3, 0.4) is 0 Å². The molecular formula is C14H18N2S. The highest BCUT2D eigenvalue weighted by Crippen LogP contribution is 2.22. The fourth-order valence-electron chi connectivity index (χ4n) is 1.66. The van der Waals surface area contributed by atoms with Crippen molar-refractivity contribution in [3.63, 3.8) is 0 Å². The SMILES string of the molecule is CCCCNc1ccc(-c2csc(C)n2)cc1. The number of unbranched alkanes of at least 4 members (excludes halogenated alkanes) is 1. The molecule has 0 aliphatic rings. The molecule has 0 radical (unpaired) electrons. The molecule has 2 nitrogen and oxygen atoms in total. The summed E-state index contributed by atoms with van der Waals surface area (Å²) in [5.74, 6) is 0. The number of rotatable bonds is 5. The number of hydrogen-bond donors (Lipinski definition) is 1. The van der Waals surface area contributed by atoms with Gasteiger partial charge < -0.3 is 5.32 Å². The van der Waals surface area contributed by atoms with Gasteiger partial charge in [-0.05, 0) is 25.5 Å². The molecule has 0 fully saturated rings. The van der Waals surface area contributed by atoms with Crippen LogP contribution in [-0.4, -0.2) is 11.5 Å². The fourth-order valence-corrected chi connectivity index (χ4v) is 2.29. The fraction of sp³-hybridized carbons (Fsp3) is 0.357. The first kappa shape index (κ1) is 12.1. The molecule has 3 heteroatoms. The van der Waals surface area contributed by atoms with Crippen LogP contribution in [0.25, 0.3) is 11.3 Å². The van der Waals surface area contributed by atoms with Gasteiger partial charge in [0.15, 0.2) is 0 Å². The Morgan fingerprint density at radius 3 is 2.59 bits per heavy atom. The minimum absolute atomic E-state index is 1.05. The van der Waals surface area contributed by atoms with Gasteiger partial charge in [0, 0.05) is 23.2 Å². The molecule has 0 saturated heterocycles. The Labute approximate surface area is 107 Å². The zero-order chi connectivity index (χ0) is 12.1. The van der Waals surface area contributed by atoms with Crippen molar-refractivity contribution < 1.29 is 0 Å². The second-order valence-electron chi connectivity index (χ2n) is 4.11. The Bertz CT molecular complexity index is 459. The van der Waals surface area contributed by atoms with E-state index in [1.54, 1.807) is 11.3 Å². The number of hydrogen-bond acceptors (Lipinski definition) is 3. The number of aryl methyl sites for hydroxylation is 1. The molecule has 2 aromatic rings. The van der Waals surface area contributed by atoms with E-state index in [4.69, 9.17) is 0 Å². The zero-order valence-electron chi connectivity index (χ0n) is 10.4. The van der Waals surface area contributed by atoms with E-state index >= 15 is 0 Å². The lowest BCUT2D eigenvalue weighted by molar-refractivity contribution is 0.834. The van der Waals surface area contributed by atoms with E-state index in [0.717, 1.165) is 17.2 Å². The summed E-state index contributed by atoms with van der Waals surface area (Å²) in [5, 5.41) is 6.63. The van der Waals surface area contributed by atoms with Gasteiger partial charge in [0.1, 0.15) is 0 Å². The van der Waals surface area contributed by atoms with Crippen LogP contribution in [-0.2, 0) is 0 Å². The standard InChI is InChI=1S/C14H18N2S/c1-3-4-9-15-13-7-5-12(6-8-13)14-10-17-11(2)16-14/h5-8,10,15H,3-4,9H2,1-2H3. The first-order valence-corrected chi connectivity index (χ1v) is 6.94. The number of nitrogens with zero attached hydrogens (tertiary/aromatic N) is 1. The maximum Gasteiger partial charge on any atom is 0.0901 e. The summed E-state index contributed by atoms with van der Waals surface area (Å²) in [7, 11) is 0. The Hall–Kier alpha value is -1.35. The maximum atomic E-state index is 4.48. The highest BCUT2D eigenvalue weighted by Gasteiger charge is 2.01. The molecule has 90 valence electrons. The van der Waals surface area contributed by atoms with Gasteiger partial charge in [-0.3, -0.25) is 0 Å². The van der Waals surface area contributed by atoms with E-state index in [1.165, 1.54) is 24.1 Å². The highest BCUT2D eigenvalue weighted by atomic mass is 32.1. The van der Waals surface area contributed by atoms with E-state index in [2.05, 4.69) is 46.9 Å². The van der Waals surface area contributed by atoms with Gasteiger partial charge in [-0.2, -0.15) is 0 Å². The average molecular weight is 246 g/mol. The predicted molar refractivity (Wildman–Crippen MR) is 75.7 cm³/mol. The lowest BCUT2D eigenvalue weighted by atomic mass is 10.1. The Balaban J connectivity index is 2.02. The van der Waals surface area contributed by atoms with Gasteiger partial charge >= 0.3 is 0 Å². The molecular weight excluding hydrogens is 228 g/mol. The van der Waals surface area contributed by atoms with Crippen molar-refractivity contribution in [1.82, 2.24) is 4.98 Å². The van der Waals surface area contributed by atoms with Gasteiger partial charge in [0.2, 0.25) is 0 Å². The number of thiazole rings is 1. The van der Waals surface area contributed by atoms with E-state index in [1.807, 2.05) is 6.92 Å². The molecule has 0 aliphatic heterocycles. The van der Waals surface area contributed by atoms with E-state index in [9.17, 15) is 0 Å². The van der Waals surface area contributed by atoms with Gasteiger partial charge in [-0.15, -0.1) is 11.3 Å². The van der Waals surface area contributed by atoms with Crippen molar-refractivity contribution in [2.45, 2.75) is 26.7 Å². The molecule has 0 atom stereocenters. The zero-order valence-corrected chi connectivity index (χ0v) is 11.2. The van der Waals surface area contributed by atoms with Crippen LogP contribution in [0.15, 0.2) is 29.6 Å². The van der Waals surface area contributed by atoms with Crippen LogP contribution in [0.4, 0.5) is 5.69 Å². The summed E-state index contributed by atoms with van der Waals surface area (Å²) in [6.45, 7) is 5.29. The molecule has 0 aliphatic carbocycles. The molecule has 0 spiro atoms. The molecule has 1 N–H and O–H groups in total. The van der Waals surface area contributed by atoms with Crippen molar-refractivity contribution in [3.05, 3.63) is 34.7 Å². The van der Waals surface area contributed by atoms with Crippen LogP contribution < -0.4 is 5.32 Å². The van der Waals surface area contributed by atoms with Crippen LogP contribution in [0.2, 0.25) is 0 Å². The molecule has 0 saturated carbocycles. The lowest BCUT2D eigenvalue weighted by Gasteiger charge is -2.05. The van der Waals surface area contributed by atoms with Crippen molar-refractivity contribution in [2.75, 3.05) is 11.9 Å². The third-order valence-electron chi connectivity index (χ3n) is 2.66. The number of aromatic nitrogens is 1. The van der Waals surface area contributed by atoms with Crippen molar-refractivity contribution in [2.24, 2.45) is 0 Å². The summed E-state index contributed by atoms with van der Waals surface area (Å²) in [5.41, 5.74) is 3.46. The number of nitrogens with one attached hydrogen (secondary N) is 1. The van der Waals surface area contributed by atoms with Crippen molar-refractivity contribution in [1.29, 1.82) is 0 Å². The molecule has 0 unspecified atom stereocenters. The molecule has 0 amide bonds. The summed E-state index contributed by atoms with van der Waals surface area (Å²) in [4.78, 5) is 4.48. The second kappa shape index (κ2) is 5.82. The third kappa shape index (κ3) is 3.30. The first-order chi connectivity index (χ1) is 8.29. The molecule has 1 aromatic carbocycles. The van der Waals surface area contributed by atoms with Crippen molar-refractivity contribution in [3.8, 4) is 11.3 Å². The minimum atomic E-state index is 1.05. The molecule has 1 aromatic heterocycles. The monoisotopic (exact) mass is 246 g/mol. The summed E-state index contributed by atoms with van der Waals surface area (Å²) in [6.07, 6.45) is 2.44. The van der Waals surface area contributed by atoms with Gasteiger partial charge in [-0.25, -0.2) is 4.98 Å². The van der Waals surface area contributed by atoms with E-state index < -0.39 is 0 Å². The highest BCUT2D eigenvalue weighted by molar-refractivity contribution is 7.09. The Morgan fingerprint density at radius 2 is 2.00 bits per heavy atom. The normalized spacial score (nSPS) is 10.5. The van der Waals surface area contributed by atoms with Crippen molar-refractivity contribution >= 4 is 17.0 Å². The second-order valence-corrected chi connectivity index (χ2v) is 5.17. The summed E-state index contributed by atoms with van der Waals surface area (Å²) < 4.78 is 0. The van der Waals surface area contributed by atoms with Crippen LogP contribution >= 0.6 is 11.3 Å².